The van der Waals surface area contributed by atoms with Crippen LogP contribution in [-0.4, -0.2) is 121 Å². The van der Waals surface area contributed by atoms with Gasteiger partial charge in [-0.2, -0.15) is 0 Å². The minimum Gasteiger partial charge on any atom is -0.414 e. The van der Waals surface area contributed by atoms with Crippen LogP contribution in [0.1, 0.15) is 40.5 Å². The van der Waals surface area contributed by atoms with Crippen molar-refractivity contribution in [3.8, 4) is 0 Å². The third kappa shape index (κ3) is 24.2. The van der Waals surface area contributed by atoms with Gasteiger partial charge in [0.15, 0.2) is 8.32 Å². The van der Waals surface area contributed by atoms with E-state index in [1.165, 1.54) is 0 Å². The van der Waals surface area contributed by atoms with Crippen molar-refractivity contribution in [3.63, 3.8) is 0 Å². The van der Waals surface area contributed by atoms with Gasteiger partial charge in [-0.15, -0.1) is 0 Å². The molecule has 0 spiro atoms. The van der Waals surface area contributed by atoms with Gasteiger partial charge in [-0.3, -0.25) is 0 Å². The minimum atomic E-state index is -1.68. The predicted octanol–water partition coefficient (Wildman–Crippen LogP) is 3.94. The lowest BCUT2D eigenvalue weighted by Crippen LogP contribution is -2.41. The maximum atomic E-state index is 6.07. The summed E-state index contributed by atoms with van der Waals surface area (Å²) in [5, 5.41) is 0.226. The van der Waals surface area contributed by atoms with Crippen molar-refractivity contribution in [2.24, 2.45) is 0 Å². The lowest BCUT2D eigenvalue weighted by Gasteiger charge is -2.36. The van der Waals surface area contributed by atoms with E-state index in [0.717, 1.165) is 19.4 Å². The van der Waals surface area contributed by atoms with Crippen molar-refractivity contribution < 1.29 is 42.3 Å². The highest BCUT2D eigenvalue weighted by molar-refractivity contribution is 6.74. The summed E-state index contributed by atoms with van der Waals surface area (Å²) in [6.45, 7) is 23.3. The zero-order valence-corrected chi connectivity index (χ0v) is 25.1. The van der Waals surface area contributed by atoms with Crippen LogP contribution in [0.2, 0.25) is 18.1 Å². The third-order valence-electron chi connectivity index (χ3n) is 5.74. The summed E-state index contributed by atoms with van der Waals surface area (Å²) in [4.78, 5) is 0. The van der Waals surface area contributed by atoms with Crippen molar-refractivity contribution >= 4 is 8.32 Å². The molecule has 0 bridgehead atoms. The van der Waals surface area contributed by atoms with E-state index in [-0.39, 0.29) is 5.04 Å². The topological polar surface area (TPSA) is 83.1 Å². The van der Waals surface area contributed by atoms with Gasteiger partial charge in [0.05, 0.1) is 106 Å². The molecule has 0 saturated carbocycles. The highest BCUT2D eigenvalue weighted by Gasteiger charge is 2.36. The van der Waals surface area contributed by atoms with E-state index in [2.05, 4.69) is 40.8 Å². The van der Waals surface area contributed by atoms with Crippen LogP contribution in [0.3, 0.4) is 0 Å². The molecule has 0 aromatic heterocycles. The molecule has 0 aliphatic carbocycles. The molecule has 0 aliphatic rings. The first-order valence-electron chi connectivity index (χ1n) is 13.6. The molecule has 0 aromatic carbocycles. The Morgan fingerprint density at radius 1 is 0.417 bits per heavy atom. The first-order valence-corrected chi connectivity index (χ1v) is 16.5. The highest BCUT2D eigenvalue weighted by atomic mass is 28.4. The van der Waals surface area contributed by atoms with Crippen molar-refractivity contribution in [1.82, 2.24) is 0 Å². The van der Waals surface area contributed by atoms with E-state index in [1.807, 2.05) is 0 Å². The zero-order chi connectivity index (χ0) is 26.8. The van der Waals surface area contributed by atoms with Gasteiger partial charge >= 0.3 is 0 Å². The van der Waals surface area contributed by atoms with E-state index < -0.39 is 8.32 Å². The van der Waals surface area contributed by atoms with Crippen LogP contribution in [0.4, 0.5) is 0 Å². The van der Waals surface area contributed by atoms with Crippen LogP contribution in [0.15, 0.2) is 0 Å². The van der Waals surface area contributed by atoms with Crippen LogP contribution in [0.5, 0.6) is 0 Å². The van der Waals surface area contributed by atoms with Crippen LogP contribution in [0, 0.1) is 0 Å². The Kier molecular flexibility index (Phi) is 25.1. The molecule has 0 fully saturated rings. The summed E-state index contributed by atoms with van der Waals surface area (Å²) in [5.74, 6) is 0. The van der Waals surface area contributed by atoms with Crippen LogP contribution in [-0.2, 0) is 42.3 Å². The van der Waals surface area contributed by atoms with Gasteiger partial charge in [0.2, 0.25) is 0 Å². The average Bonchev–Trinajstić information content (AvgIpc) is 2.82. The monoisotopic (exact) mass is 540 g/mol. The minimum absolute atomic E-state index is 0.226. The zero-order valence-electron chi connectivity index (χ0n) is 24.1. The smallest absolute Gasteiger partial charge is 0.192 e. The maximum absolute atomic E-state index is 6.07. The van der Waals surface area contributed by atoms with E-state index in [9.17, 15) is 0 Å². The largest absolute Gasteiger partial charge is 0.414 e. The fourth-order valence-electron chi connectivity index (χ4n) is 2.46. The van der Waals surface area contributed by atoms with E-state index in [0.29, 0.717) is 106 Å². The molecule has 9 nitrogen and oxygen atoms in total. The molecular formula is C26H56O9Si. The second kappa shape index (κ2) is 25.2. The van der Waals surface area contributed by atoms with Gasteiger partial charge in [-0.05, 0) is 24.6 Å². The van der Waals surface area contributed by atoms with Gasteiger partial charge in [0.1, 0.15) is 0 Å². The van der Waals surface area contributed by atoms with Crippen LogP contribution < -0.4 is 0 Å². The quantitative estimate of drug-likeness (QED) is 0.108. The molecule has 36 heavy (non-hydrogen) atoms. The Labute approximate surface area is 221 Å². The first-order chi connectivity index (χ1) is 17.3. The second-order valence-electron chi connectivity index (χ2n) is 9.86. The SMILES string of the molecule is CCCCOCCOCCOCCOCCOCCOCCOCCOCCO[Si](C)(C)C(C)(C)C. The molecule has 0 unspecified atom stereocenters. The third-order valence-corrected chi connectivity index (χ3v) is 10.3. The van der Waals surface area contributed by atoms with Gasteiger partial charge < -0.3 is 42.3 Å². The van der Waals surface area contributed by atoms with Crippen molar-refractivity contribution in [3.05, 3.63) is 0 Å². The summed E-state index contributed by atoms with van der Waals surface area (Å²) in [6, 6.07) is 0. The molecule has 0 N–H and O–H groups in total. The summed E-state index contributed by atoms with van der Waals surface area (Å²) >= 11 is 0. The molecule has 0 aromatic rings. The van der Waals surface area contributed by atoms with Gasteiger partial charge in [-0.1, -0.05) is 34.1 Å². The summed E-state index contributed by atoms with van der Waals surface area (Å²) < 4.78 is 49.9. The summed E-state index contributed by atoms with van der Waals surface area (Å²) in [5.41, 5.74) is 0. The molecular weight excluding hydrogens is 484 g/mol. The number of hydrogen-bond donors (Lipinski definition) is 0. The number of ether oxygens (including phenoxy) is 8. The number of unbranched alkanes of at least 4 members (excludes halogenated alkanes) is 1. The maximum Gasteiger partial charge on any atom is 0.192 e. The Balaban J connectivity index is 3.13. The molecule has 0 aliphatic heterocycles. The average molecular weight is 541 g/mol. The molecule has 0 radical (unpaired) electrons. The first kappa shape index (κ1) is 35.9. The van der Waals surface area contributed by atoms with Crippen molar-refractivity contribution in [2.75, 3.05) is 112 Å². The summed E-state index contributed by atoms with van der Waals surface area (Å²) in [7, 11) is -1.68. The normalized spacial score (nSPS) is 12.5. The lowest BCUT2D eigenvalue weighted by molar-refractivity contribution is -0.0237. The lowest BCUT2D eigenvalue weighted by atomic mass is 10.2. The standard InChI is InChI=1S/C26H56O9Si/c1-7-8-9-27-10-11-28-12-13-29-14-15-30-16-17-31-18-19-32-20-21-33-22-23-34-24-25-35-36(5,6)26(2,3)4/h7-25H2,1-6H3. The van der Waals surface area contributed by atoms with E-state index in [1.54, 1.807) is 0 Å². The Hall–Kier alpha value is -0.143. The molecule has 10 heteroatoms. The molecule has 0 saturated heterocycles. The van der Waals surface area contributed by atoms with Crippen molar-refractivity contribution in [1.29, 1.82) is 0 Å². The Bertz CT molecular complexity index is 448. The Morgan fingerprint density at radius 2 is 0.667 bits per heavy atom. The molecule has 0 rings (SSSR count). The summed E-state index contributed by atoms with van der Waals surface area (Å²) in [6.07, 6.45) is 2.25. The predicted molar refractivity (Wildman–Crippen MR) is 145 cm³/mol. The van der Waals surface area contributed by atoms with Crippen molar-refractivity contribution in [2.45, 2.75) is 58.7 Å². The molecule has 0 atom stereocenters. The van der Waals surface area contributed by atoms with Gasteiger partial charge in [0.25, 0.3) is 0 Å². The molecule has 218 valence electrons. The number of rotatable bonds is 28. The van der Waals surface area contributed by atoms with E-state index >= 15 is 0 Å². The molecule has 0 amide bonds. The van der Waals surface area contributed by atoms with E-state index in [4.69, 9.17) is 42.3 Å². The highest BCUT2D eigenvalue weighted by Crippen LogP contribution is 2.36. The van der Waals surface area contributed by atoms with Crippen LogP contribution >= 0.6 is 0 Å². The fraction of sp³-hybridized carbons (Fsp3) is 1.00. The van der Waals surface area contributed by atoms with Gasteiger partial charge in [-0.25, -0.2) is 0 Å². The fourth-order valence-corrected chi connectivity index (χ4v) is 3.49. The molecule has 0 heterocycles. The second-order valence-corrected chi connectivity index (χ2v) is 14.7. The number of hydrogen-bond acceptors (Lipinski definition) is 9. The van der Waals surface area contributed by atoms with Gasteiger partial charge in [0, 0.05) is 6.61 Å². The Morgan fingerprint density at radius 3 is 0.917 bits per heavy atom. The van der Waals surface area contributed by atoms with Crippen LogP contribution in [0.25, 0.3) is 0 Å².